The molecule has 0 amide bonds. The maximum Gasteiger partial charge on any atom is 0.311 e. The van der Waals surface area contributed by atoms with E-state index in [2.05, 4.69) is 10.6 Å². The molecule has 19 nitrogen and oxygen atoms in total. The van der Waals surface area contributed by atoms with Gasteiger partial charge in [-0.3, -0.25) is 4.79 Å². The Hall–Kier alpha value is -1.93. The van der Waals surface area contributed by atoms with Gasteiger partial charge in [0.05, 0.1) is 51.8 Å². The van der Waals surface area contributed by atoms with Crippen LogP contribution in [-0.4, -0.2) is 182 Å². The summed E-state index contributed by atoms with van der Waals surface area (Å²) >= 11 is 0. The summed E-state index contributed by atoms with van der Waals surface area (Å²) in [7, 11) is -5.16. The standard InChI is InChI=1S/C47H83N3O16S2/c1-15-21-48-26-47(56)32(8)63-37(24-45(47,10)61-13)65-39-29(5)41(44(9,54)23-27(3)25-49-31(7)40(52)46(11,55)36(16-2)64-42(53)30(39)6)66-43-38(51)35(22-28(4)62-43)50(12)68(59,60)34-19-17-33(18-20-34)67(14,57)58/h17-20,27-32,35-41,43,48-49,51-52,54-56H,15-16,21-26H2,1-14H3/t27-,28-,29+,30-,31-,32+,35+,36-,37+,38-,39+,40-,41-,43+,44-,45-,46-,47+/m1/s1. The van der Waals surface area contributed by atoms with Crippen molar-refractivity contribution < 1.29 is 75.6 Å². The first kappa shape index (κ1) is 58.6. The van der Waals surface area contributed by atoms with Crippen LogP contribution in [0.5, 0.6) is 0 Å². The lowest BCUT2D eigenvalue weighted by molar-refractivity contribution is -0.336. The van der Waals surface area contributed by atoms with Crippen molar-refractivity contribution in [2.75, 3.05) is 40.0 Å². The number of benzene rings is 1. The molecule has 0 radical (unpaired) electrons. The van der Waals surface area contributed by atoms with Crippen LogP contribution in [0.2, 0.25) is 0 Å². The molecule has 18 atom stereocenters. The Morgan fingerprint density at radius 1 is 0.912 bits per heavy atom. The summed E-state index contributed by atoms with van der Waals surface area (Å²) in [4.78, 5) is 14.2. The van der Waals surface area contributed by atoms with E-state index in [1.165, 1.54) is 45.3 Å². The van der Waals surface area contributed by atoms with Gasteiger partial charge < -0.3 is 64.6 Å². The SMILES string of the molecule is CCCNC[C@]1(O)[C@H](C)O[C@@H](O[C@H]2[C@H](C)[C@@H](O[C@@H]3O[C@H](C)C[C@H](N(C)S(=O)(=O)c4ccc(S(C)(=O)=O)cc4)[C@H]3O)[C@](C)(O)C[C@@H](C)CN[C@H](C)[C@@H](O)[C@](C)(O)[C@@H](CC)OC(=O)[C@@H]2C)C[C@@]1(C)OC. The van der Waals surface area contributed by atoms with Crippen molar-refractivity contribution in [2.45, 2.75) is 208 Å². The van der Waals surface area contributed by atoms with Gasteiger partial charge in [0.1, 0.15) is 35.1 Å². The van der Waals surface area contributed by atoms with Crippen LogP contribution >= 0.6 is 0 Å². The van der Waals surface area contributed by atoms with Gasteiger partial charge in [-0.2, -0.15) is 4.31 Å². The molecule has 0 bridgehead atoms. The molecule has 3 aliphatic rings. The van der Waals surface area contributed by atoms with E-state index >= 15 is 0 Å². The molecule has 3 aliphatic heterocycles. The van der Waals surface area contributed by atoms with Crippen molar-refractivity contribution in [2.24, 2.45) is 17.8 Å². The second kappa shape index (κ2) is 22.9. The molecule has 3 fully saturated rings. The third-order valence-corrected chi connectivity index (χ3v) is 17.8. The number of carbonyl (C=O) groups excluding carboxylic acids is 1. The second-order valence-electron chi connectivity index (χ2n) is 20.5. The molecule has 7 N–H and O–H groups in total. The number of aliphatic hydroxyl groups is 5. The number of sulfone groups is 1. The van der Waals surface area contributed by atoms with E-state index < -0.39 is 127 Å². The molecule has 3 saturated heterocycles. The molecule has 0 unspecified atom stereocenters. The minimum atomic E-state index is -4.33. The molecule has 68 heavy (non-hydrogen) atoms. The minimum Gasteiger partial charge on any atom is -0.459 e. The Morgan fingerprint density at radius 2 is 1.51 bits per heavy atom. The maximum atomic E-state index is 14.5. The highest BCUT2D eigenvalue weighted by atomic mass is 32.2. The fourth-order valence-electron chi connectivity index (χ4n) is 10.3. The number of carbonyl (C=O) groups is 1. The summed E-state index contributed by atoms with van der Waals surface area (Å²) in [6.07, 6.45) is -8.91. The first-order valence-corrected chi connectivity index (χ1v) is 27.3. The van der Waals surface area contributed by atoms with E-state index in [4.69, 9.17) is 28.4 Å². The van der Waals surface area contributed by atoms with Crippen molar-refractivity contribution in [3.05, 3.63) is 24.3 Å². The first-order chi connectivity index (χ1) is 31.3. The van der Waals surface area contributed by atoms with Crippen molar-refractivity contribution in [1.29, 1.82) is 0 Å². The highest BCUT2D eigenvalue weighted by Gasteiger charge is 2.58. The molecule has 4 rings (SSSR count). The summed E-state index contributed by atoms with van der Waals surface area (Å²) in [5.41, 5.74) is -6.46. The van der Waals surface area contributed by atoms with E-state index in [9.17, 15) is 47.2 Å². The Kier molecular flexibility index (Phi) is 19.7. The molecule has 0 saturated carbocycles. The van der Waals surface area contributed by atoms with Crippen molar-refractivity contribution in [1.82, 2.24) is 14.9 Å². The molecule has 3 heterocycles. The molecule has 21 heteroatoms. The summed E-state index contributed by atoms with van der Waals surface area (Å²) in [5.74, 6) is -3.28. The van der Waals surface area contributed by atoms with Gasteiger partial charge in [0.25, 0.3) is 0 Å². The smallest absolute Gasteiger partial charge is 0.311 e. The predicted octanol–water partition coefficient (Wildman–Crippen LogP) is 2.09. The third-order valence-electron chi connectivity index (χ3n) is 14.7. The van der Waals surface area contributed by atoms with Gasteiger partial charge in [0.2, 0.25) is 10.0 Å². The lowest BCUT2D eigenvalue weighted by Crippen LogP contribution is -2.70. The van der Waals surface area contributed by atoms with Crippen molar-refractivity contribution in [3.8, 4) is 0 Å². The van der Waals surface area contributed by atoms with Crippen LogP contribution in [0.15, 0.2) is 34.1 Å². The highest BCUT2D eigenvalue weighted by Crippen LogP contribution is 2.43. The number of rotatable bonds is 14. The Labute approximate surface area is 404 Å². The lowest BCUT2D eigenvalue weighted by atomic mass is 9.75. The summed E-state index contributed by atoms with van der Waals surface area (Å²) < 4.78 is 91.7. The van der Waals surface area contributed by atoms with Crippen LogP contribution in [0.3, 0.4) is 0 Å². The molecule has 1 aromatic rings. The number of methoxy groups -OCH3 is 1. The average molecular weight is 1010 g/mol. The van der Waals surface area contributed by atoms with Crippen LogP contribution in [0.1, 0.15) is 108 Å². The van der Waals surface area contributed by atoms with Crippen molar-refractivity contribution >= 4 is 25.8 Å². The number of likely N-dealkylation sites (N-methyl/N-ethyl adjacent to an activating group) is 1. The number of cyclic esters (lactones) is 1. The Morgan fingerprint density at radius 3 is 2.07 bits per heavy atom. The van der Waals surface area contributed by atoms with Gasteiger partial charge >= 0.3 is 5.97 Å². The quantitative estimate of drug-likeness (QED) is 0.104. The van der Waals surface area contributed by atoms with Gasteiger partial charge in [-0.25, -0.2) is 16.8 Å². The van der Waals surface area contributed by atoms with E-state index in [-0.39, 0.29) is 54.5 Å². The number of esters is 1. The van der Waals surface area contributed by atoms with Gasteiger partial charge in [-0.15, -0.1) is 0 Å². The summed E-state index contributed by atoms with van der Waals surface area (Å²) in [6.45, 7) is 19.7. The predicted molar refractivity (Wildman–Crippen MR) is 252 cm³/mol. The maximum absolute atomic E-state index is 14.5. The fraction of sp³-hybridized carbons (Fsp3) is 0.851. The minimum absolute atomic E-state index is 0.00837. The van der Waals surface area contributed by atoms with E-state index in [1.54, 1.807) is 55.4 Å². The van der Waals surface area contributed by atoms with E-state index in [0.717, 1.165) is 17.0 Å². The third kappa shape index (κ3) is 12.8. The largest absolute Gasteiger partial charge is 0.459 e. The number of nitrogens with zero attached hydrogens (tertiary/aromatic N) is 1. The molecular formula is C47H83N3O16S2. The monoisotopic (exact) mass is 1010 g/mol. The summed E-state index contributed by atoms with van der Waals surface area (Å²) in [6, 6.07) is 2.94. The van der Waals surface area contributed by atoms with Gasteiger partial charge in [0.15, 0.2) is 22.4 Å². The number of nitrogens with one attached hydrogen (secondary N) is 2. The normalized spacial score (nSPS) is 42.0. The van der Waals surface area contributed by atoms with Crippen LogP contribution in [-0.2, 0) is 53.1 Å². The van der Waals surface area contributed by atoms with E-state index in [1.807, 2.05) is 13.8 Å². The number of aliphatic hydroxyl groups excluding tert-OH is 2. The van der Waals surface area contributed by atoms with Crippen LogP contribution < -0.4 is 10.6 Å². The fourth-order valence-corrected chi connectivity index (χ4v) is 12.3. The molecule has 394 valence electrons. The van der Waals surface area contributed by atoms with Crippen LogP contribution in [0, 0.1) is 17.8 Å². The Balaban J connectivity index is 1.82. The summed E-state index contributed by atoms with van der Waals surface area (Å²) in [5, 5.41) is 66.7. The lowest BCUT2D eigenvalue weighted by Gasteiger charge is -2.53. The van der Waals surface area contributed by atoms with Crippen LogP contribution in [0.4, 0.5) is 0 Å². The first-order valence-electron chi connectivity index (χ1n) is 24.0. The molecule has 0 spiro atoms. The van der Waals surface area contributed by atoms with Gasteiger partial charge in [-0.1, -0.05) is 27.7 Å². The van der Waals surface area contributed by atoms with Crippen LogP contribution in [0.25, 0.3) is 0 Å². The second-order valence-corrected chi connectivity index (χ2v) is 24.5. The van der Waals surface area contributed by atoms with Crippen molar-refractivity contribution in [3.63, 3.8) is 0 Å². The average Bonchev–Trinajstić information content (AvgIpc) is 3.26. The zero-order chi connectivity index (χ0) is 51.5. The van der Waals surface area contributed by atoms with Gasteiger partial charge in [0, 0.05) is 45.3 Å². The van der Waals surface area contributed by atoms with E-state index in [0.29, 0.717) is 6.54 Å². The molecule has 1 aromatic carbocycles. The number of ether oxygens (including phenoxy) is 6. The molecular weight excluding hydrogens is 927 g/mol. The number of sulfonamides is 1. The zero-order valence-corrected chi connectivity index (χ0v) is 44.2. The highest BCUT2D eigenvalue weighted by molar-refractivity contribution is 7.90. The number of hydrogen-bond donors (Lipinski definition) is 7. The zero-order valence-electron chi connectivity index (χ0n) is 42.5. The molecule has 0 aliphatic carbocycles. The Bertz CT molecular complexity index is 2030. The molecule has 0 aromatic heterocycles. The topological polar surface area (TPSA) is 269 Å². The number of hydrogen-bond acceptors (Lipinski definition) is 18. The van der Waals surface area contributed by atoms with Gasteiger partial charge in [-0.05, 0) is 117 Å².